The van der Waals surface area contributed by atoms with Crippen molar-refractivity contribution in [3.63, 3.8) is 0 Å². The Morgan fingerprint density at radius 2 is 1.80 bits per heavy atom. The molecule has 0 fully saturated rings. The van der Waals surface area contributed by atoms with E-state index in [2.05, 4.69) is 10.3 Å². The number of ether oxygens (including phenoxy) is 1. The van der Waals surface area contributed by atoms with Gasteiger partial charge in [-0.1, -0.05) is 0 Å². The lowest BCUT2D eigenvalue weighted by atomic mass is 10.1. The second-order valence-electron chi connectivity index (χ2n) is 5.29. The van der Waals surface area contributed by atoms with Gasteiger partial charge in [-0.25, -0.2) is 9.78 Å². The van der Waals surface area contributed by atoms with Crippen LogP contribution in [0.2, 0.25) is 0 Å². The number of esters is 1. The molecule has 1 aromatic heterocycles. The van der Waals surface area contributed by atoms with Crippen molar-refractivity contribution >= 4 is 44.9 Å². The Morgan fingerprint density at radius 3 is 2.52 bits per heavy atom. The molecule has 0 spiro atoms. The first-order valence-electron chi connectivity index (χ1n) is 7.44. The molecule has 6 nitrogen and oxygen atoms in total. The average Bonchev–Trinajstić information content (AvgIpc) is 3.07. The van der Waals surface area contributed by atoms with Gasteiger partial charge in [0, 0.05) is 18.2 Å². The number of benzene rings is 2. The summed E-state index contributed by atoms with van der Waals surface area (Å²) < 4.78 is 5.97. The summed E-state index contributed by atoms with van der Waals surface area (Å²) in [6.45, 7) is 1.06. The van der Waals surface area contributed by atoms with Crippen LogP contribution in [0.4, 0.5) is 5.69 Å². The Hall–Kier alpha value is -3.06. The van der Waals surface area contributed by atoms with Crippen LogP contribution in [0.15, 0.2) is 48.0 Å². The highest BCUT2D eigenvalue weighted by Crippen LogP contribution is 2.19. The summed E-state index contributed by atoms with van der Waals surface area (Å²) in [7, 11) is 0. The number of nitrogens with one attached hydrogen (secondary N) is 1. The van der Waals surface area contributed by atoms with Gasteiger partial charge in [0.05, 0.1) is 21.3 Å². The molecule has 1 amide bonds. The highest BCUT2D eigenvalue weighted by Gasteiger charge is 2.13. The summed E-state index contributed by atoms with van der Waals surface area (Å²) in [5.41, 5.74) is 3.90. The molecule has 7 heteroatoms. The van der Waals surface area contributed by atoms with Crippen LogP contribution in [-0.2, 0) is 9.53 Å². The van der Waals surface area contributed by atoms with E-state index in [0.717, 1.165) is 10.2 Å². The van der Waals surface area contributed by atoms with Crippen LogP contribution in [0.5, 0.6) is 0 Å². The minimum absolute atomic E-state index is 0.189. The third-order valence-corrected chi connectivity index (χ3v) is 4.22. The van der Waals surface area contributed by atoms with Crippen molar-refractivity contribution < 1.29 is 19.1 Å². The van der Waals surface area contributed by atoms with Crippen LogP contribution < -0.4 is 5.32 Å². The third-order valence-electron chi connectivity index (χ3n) is 3.43. The monoisotopic (exact) mass is 354 g/mol. The number of hydrogen-bond acceptors (Lipinski definition) is 6. The Balaban J connectivity index is 1.61. The van der Waals surface area contributed by atoms with E-state index in [-0.39, 0.29) is 18.3 Å². The zero-order valence-corrected chi connectivity index (χ0v) is 14.1. The van der Waals surface area contributed by atoms with Gasteiger partial charge in [-0.05, 0) is 42.5 Å². The smallest absolute Gasteiger partial charge is 0.338 e. The van der Waals surface area contributed by atoms with Crippen LogP contribution in [0, 0.1) is 0 Å². The average molecular weight is 354 g/mol. The normalized spacial score (nSPS) is 10.4. The van der Waals surface area contributed by atoms with Gasteiger partial charge < -0.3 is 10.1 Å². The van der Waals surface area contributed by atoms with Gasteiger partial charge >= 0.3 is 5.97 Å². The van der Waals surface area contributed by atoms with Crippen molar-refractivity contribution in [1.82, 2.24) is 4.98 Å². The maximum Gasteiger partial charge on any atom is 0.338 e. The van der Waals surface area contributed by atoms with E-state index >= 15 is 0 Å². The predicted octanol–water partition coefficient (Wildman–Crippen LogP) is 3.29. The summed E-state index contributed by atoms with van der Waals surface area (Å²) in [4.78, 5) is 39.3. The molecular weight excluding hydrogens is 340 g/mol. The molecule has 0 atom stereocenters. The van der Waals surface area contributed by atoms with Gasteiger partial charge in [0.2, 0.25) is 5.91 Å². The van der Waals surface area contributed by atoms with Gasteiger partial charge in [-0.2, -0.15) is 0 Å². The van der Waals surface area contributed by atoms with E-state index < -0.39 is 5.97 Å². The van der Waals surface area contributed by atoms with Crippen molar-refractivity contribution in [2.75, 3.05) is 11.9 Å². The minimum Gasteiger partial charge on any atom is -0.454 e. The lowest BCUT2D eigenvalue weighted by Crippen LogP contribution is -2.14. The van der Waals surface area contributed by atoms with Crippen LogP contribution >= 0.6 is 11.3 Å². The zero-order valence-electron chi connectivity index (χ0n) is 13.3. The van der Waals surface area contributed by atoms with Gasteiger partial charge in [0.15, 0.2) is 12.4 Å². The number of rotatable bonds is 5. The molecule has 3 aromatic rings. The highest BCUT2D eigenvalue weighted by atomic mass is 32.1. The molecule has 126 valence electrons. The summed E-state index contributed by atoms with van der Waals surface area (Å²) in [5.74, 6) is -1.06. The van der Waals surface area contributed by atoms with Crippen molar-refractivity contribution in [3.8, 4) is 0 Å². The molecule has 0 saturated carbocycles. The summed E-state index contributed by atoms with van der Waals surface area (Å²) in [6.07, 6.45) is 0. The first-order valence-corrected chi connectivity index (χ1v) is 8.32. The van der Waals surface area contributed by atoms with Crippen molar-refractivity contribution in [2.24, 2.45) is 0 Å². The second kappa shape index (κ2) is 7.23. The number of amides is 1. The molecule has 0 radical (unpaired) electrons. The number of fused-ring (bicyclic) bond motifs is 1. The largest absolute Gasteiger partial charge is 0.454 e. The molecule has 2 aromatic carbocycles. The third kappa shape index (κ3) is 4.07. The van der Waals surface area contributed by atoms with E-state index in [9.17, 15) is 14.4 Å². The van der Waals surface area contributed by atoms with Crippen LogP contribution in [0.25, 0.3) is 10.2 Å². The number of ketones is 1. The minimum atomic E-state index is -0.557. The number of thiazole rings is 1. The number of aromatic nitrogens is 1. The number of carbonyl (C=O) groups excluding carboxylic acids is 3. The van der Waals surface area contributed by atoms with Crippen LogP contribution in [0.3, 0.4) is 0 Å². The van der Waals surface area contributed by atoms with E-state index in [1.54, 1.807) is 48.0 Å². The van der Waals surface area contributed by atoms with Crippen molar-refractivity contribution in [1.29, 1.82) is 0 Å². The summed E-state index contributed by atoms with van der Waals surface area (Å²) in [5, 5.41) is 2.62. The molecule has 0 aliphatic rings. The topological polar surface area (TPSA) is 85.4 Å². The van der Waals surface area contributed by atoms with E-state index in [1.807, 2.05) is 0 Å². The number of Topliss-reactive ketones (excluding diaryl/α,β-unsaturated/α-hetero) is 1. The van der Waals surface area contributed by atoms with Crippen LogP contribution in [0.1, 0.15) is 27.6 Å². The maximum atomic E-state index is 12.1. The van der Waals surface area contributed by atoms with E-state index in [0.29, 0.717) is 16.8 Å². The van der Waals surface area contributed by atoms with E-state index in [4.69, 9.17) is 4.74 Å². The number of hydrogen-bond donors (Lipinski definition) is 1. The fourth-order valence-corrected chi connectivity index (χ4v) is 2.94. The number of carbonyl (C=O) groups is 3. The van der Waals surface area contributed by atoms with Gasteiger partial charge in [-0.15, -0.1) is 11.3 Å². The molecule has 1 N–H and O–H groups in total. The van der Waals surface area contributed by atoms with E-state index in [1.165, 1.54) is 18.3 Å². The van der Waals surface area contributed by atoms with Crippen LogP contribution in [-0.4, -0.2) is 29.3 Å². The molecule has 0 unspecified atom stereocenters. The molecule has 0 saturated heterocycles. The fraction of sp³-hybridized carbons (Fsp3) is 0.111. The maximum absolute atomic E-state index is 12.1. The summed E-state index contributed by atoms with van der Waals surface area (Å²) in [6, 6.07) is 11.4. The lowest BCUT2D eigenvalue weighted by Gasteiger charge is -2.06. The molecule has 0 aliphatic carbocycles. The molecule has 3 rings (SSSR count). The molecule has 0 aliphatic heterocycles. The second-order valence-corrected chi connectivity index (χ2v) is 6.18. The van der Waals surface area contributed by atoms with Gasteiger partial charge in [-0.3, -0.25) is 9.59 Å². The van der Waals surface area contributed by atoms with Gasteiger partial charge in [0.1, 0.15) is 0 Å². The van der Waals surface area contributed by atoms with Crippen molar-refractivity contribution in [3.05, 3.63) is 59.1 Å². The SMILES string of the molecule is CC(=O)Nc1ccc(C(=O)COC(=O)c2ccc3ncsc3c2)cc1. The lowest BCUT2D eigenvalue weighted by molar-refractivity contribution is -0.114. The molecular formula is C18H14N2O4S. The Morgan fingerprint density at radius 1 is 1.08 bits per heavy atom. The fourth-order valence-electron chi connectivity index (χ4n) is 2.22. The molecule has 25 heavy (non-hydrogen) atoms. The predicted molar refractivity (Wildman–Crippen MR) is 95.0 cm³/mol. The highest BCUT2D eigenvalue weighted by molar-refractivity contribution is 7.16. The number of nitrogens with zero attached hydrogens (tertiary/aromatic N) is 1. The Kier molecular flexibility index (Phi) is 4.85. The Bertz CT molecular complexity index is 947. The Labute approximate surface area is 147 Å². The number of anilines is 1. The molecule has 1 heterocycles. The van der Waals surface area contributed by atoms with Gasteiger partial charge in [0.25, 0.3) is 0 Å². The first-order chi connectivity index (χ1) is 12.0. The van der Waals surface area contributed by atoms with Crippen molar-refractivity contribution in [2.45, 2.75) is 6.92 Å². The quantitative estimate of drug-likeness (QED) is 0.561. The summed E-state index contributed by atoms with van der Waals surface area (Å²) >= 11 is 1.43. The zero-order chi connectivity index (χ0) is 17.8. The standard InChI is InChI=1S/C18H14N2O4S/c1-11(21)20-14-5-2-12(3-6-14)16(22)9-24-18(23)13-4-7-15-17(8-13)25-10-19-15/h2-8,10H,9H2,1H3,(H,20,21). The molecule has 0 bridgehead atoms. The first kappa shape index (κ1) is 16.8.